The molecule has 0 radical (unpaired) electrons. The minimum absolute atomic E-state index is 0.0770. The quantitative estimate of drug-likeness (QED) is 0.0733. The third-order valence-electron chi connectivity index (χ3n) is 12.7. The minimum Gasteiger partial charge on any atom is -0.459 e. The van der Waals surface area contributed by atoms with Gasteiger partial charge >= 0.3 is 6.09 Å². The molecule has 3 aromatic rings. The van der Waals surface area contributed by atoms with Crippen molar-refractivity contribution in [2.24, 2.45) is 22.9 Å². The summed E-state index contributed by atoms with van der Waals surface area (Å²) in [5.74, 6) is 0.226. The lowest BCUT2D eigenvalue weighted by atomic mass is 9.55. The summed E-state index contributed by atoms with van der Waals surface area (Å²) in [6.07, 6.45) is 10.7. The number of ether oxygens (including phenoxy) is 5. The van der Waals surface area contributed by atoms with Crippen molar-refractivity contribution < 1.29 is 43.5 Å². The van der Waals surface area contributed by atoms with Gasteiger partial charge in [0.25, 0.3) is 0 Å². The summed E-state index contributed by atoms with van der Waals surface area (Å²) in [6, 6.07) is 21.0. The maximum atomic E-state index is 14.2. The van der Waals surface area contributed by atoms with Gasteiger partial charge in [-0.1, -0.05) is 66.5 Å². The van der Waals surface area contributed by atoms with Crippen LogP contribution in [0.5, 0.6) is 17.2 Å². The van der Waals surface area contributed by atoms with Crippen molar-refractivity contribution in [3.05, 3.63) is 113 Å². The number of nitrogens with zero attached hydrogens (tertiary/aromatic N) is 2. The second-order valence-electron chi connectivity index (χ2n) is 16.7. The van der Waals surface area contributed by atoms with Crippen LogP contribution in [0.25, 0.3) is 0 Å². The number of carbonyl (C=O) groups excluding carboxylic acids is 1. The number of unbranched alkanes of at least 4 members (excludes halogenated alkanes) is 2. The van der Waals surface area contributed by atoms with E-state index in [1.807, 2.05) is 54.6 Å². The number of rotatable bonds is 18. The van der Waals surface area contributed by atoms with Crippen LogP contribution < -0.4 is 9.47 Å². The van der Waals surface area contributed by atoms with E-state index in [4.69, 9.17) is 33.7 Å². The number of allylic oxidation sites excluding steroid dienone is 1. The highest BCUT2D eigenvalue weighted by atomic mass is 16.8. The van der Waals surface area contributed by atoms with E-state index in [2.05, 4.69) is 38.6 Å². The Morgan fingerprint density at radius 2 is 1.73 bits per heavy atom. The zero-order valence-electron chi connectivity index (χ0n) is 35.4. The molecule has 1 saturated heterocycles. The van der Waals surface area contributed by atoms with E-state index in [0.29, 0.717) is 36.7 Å². The van der Waals surface area contributed by atoms with Crippen molar-refractivity contribution in [3.63, 3.8) is 0 Å². The van der Waals surface area contributed by atoms with Gasteiger partial charge in [0, 0.05) is 44.6 Å². The molecule has 7 rings (SSSR count). The number of oxime groups is 1. The van der Waals surface area contributed by atoms with Crippen molar-refractivity contribution >= 4 is 11.8 Å². The van der Waals surface area contributed by atoms with Crippen LogP contribution >= 0.6 is 0 Å². The SMILES string of the molecule is C=CCO[C@@]12Oc3ccc(Oc4ccc(C)c(C)c4)cc3[C@H]3[C@H](CCCCO)[C@@H](CCCCO)C=C(C(=NOC4CCCCO4)C[C@@H]1N(C)C(=O)OCc1ccccc1)[C@H]32. The van der Waals surface area contributed by atoms with E-state index in [1.165, 1.54) is 5.56 Å². The molecule has 0 spiro atoms. The summed E-state index contributed by atoms with van der Waals surface area (Å²) in [5, 5.41) is 24.8. The highest BCUT2D eigenvalue weighted by molar-refractivity contribution is 6.03. The molecule has 1 amide bonds. The average molecular weight is 823 g/mol. The van der Waals surface area contributed by atoms with Gasteiger partial charge in [-0.15, -0.1) is 6.58 Å². The van der Waals surface area contributed by atoms with Crippen LogP contribution in [0.4, 0.5) is 4.79 Å². The zero-order chi connectivity index (χ0) is 42.1. The number of amides is 1. The third-order valence-corrected chi connectivity index (χ3v) is 12.7. The van der Waals surface area contributed by atoms with Crippen molar-refractivity contribution in [2.75, 3.05) is 33.5 Å². The molecule has 1 unspecified atom stereocenters. The largest absolute Gasteiger partial charge is 0.459 e. The zero-order valence-corrected chi connectivity index (χ0v) is 35.4. The summed E-state index contributed by atoms with van der Waals surface area (Å²) in [7, 11) is 1.74. The first kappa shape index (κ1) is 43.4. The molecule has 2 heterocycles. The monoisotopic (exact) mass is 822 g/mol. The normalized spacial score (nSPS) is 26.2. The summed E-state index contributed by atoms with van der Waals surface area (Å²) >= 11 is 0. The maximum absolute atomic E-state index is 14.2. The molecule has 2 N–H and O–H groups in total. The van der Waals surface area contributed by atoms with Gasteiger partial charge in [-0.05, 0) is 117 Å². The van der Waals surface area contributed by atoms with E-state index in [-0.39, 0.29) is 50.6 Å². The van der Waals surface area contributed by atoms with Gasteiger partial charge in [0.2, 0.25) is 12.1 Å². The topological polar surface area (TPSA) is 129 Å². The molecular weight excluding hydrogens is 761 g/mol. The van der Waals surface area contributed by atoms with Gasteiger partial charge in [0.05, 0.1) is 24.8 Å². The predicted octanol–water partition coefficient (Wildman–Crippen LogP) is 9.52. The molecule has 1 saturated carbocycles. The predicted molar refractivity (Wildman–Crippen MR) is 230 cm³/mol. The molecule has 3 aromatic carbocycles. The van der Waals surface area contributed by atoms with Crippen molar-refractivity contribution in [2.45, 2.75) is 109 Å². The van der Waals surface area contributed by atoms with E-state index < -0.39 is 30.1 Å². The molecule has 4 aliphatic rings. The van der Waals surface area contributed by atoms with E-state index in [9.17, 15) is 15.0 Å². The first-order chi connectivity index (χ1) is 29.3. The van der Waals surface area contributed by atoms with Crippen LogP contribution in [-0.4, -0.2) is 78.5 Å². The van der Waals surface area contributed by atoms with Crippen molar-refractivity contribution in [1.29, 1.82) is 0 Å². The van der Waals surface area contributed by atoms with Gasteiger partial charge in [0.1, 0.15) is 29.9 Å². The lowest BCUT2D eigenvalue weighted by molar-refractivity contribution is -0.254. The fourth-order valence-corrected chi connectivity index (χ4v) is 9.57. The lowest BCUT2D eigenvalue weighted by Crippen LogP contribution is -2.69. The van der Waals surface area contributed by atoms with Gasteiger partial charge in [-0.25, -0.2) is 4.79 Å². The Balaban J connectivity index is 1.38. The number of aliphatic hydroxyl groups is 2. The average Bonchev–Trinajstić information content (AvgIpc) is 3.27. The molecule has 0 bridgehead atoms. The number of hydrogen-bond acceptors (Lipinski definition) is 10. The summed E-state index contributed by atoms with van der Waals surface area (Å²) in [6.45, 7) is 9.29. The maximum Gasteiger partial charge on any atom is 0.410 e. The Morgan fingerprint density at radius 3 is 2.47 bits per heavy atom. The Labute approximate surface area is 354 Å². The molecular formula is C49H62N2O9. The summed E-state index contributed by atoms with van der Waals surface area (Å²) < 4.78 is 32.8. The van der Waals surface area contributed by atoms with Crippen LogP contribution in [0.2, 0.25) is 0 Å². The first-order valence-corrected chi connectivity index (χ1v) is 21.8. The molecule has 2 aliphatic carbocycles. The van der Waals surface area contributed by atoms with Crippen LogP contribution in [0.1, 0.15) is 92.4 Å². The van der Waals surface area contributed by atoms with Gasteiger partial charge in [-0.2, -0.15) is 0 Å². The number of aryl methyl sites for hydroxylation is 2. The van der Waals surface area contributed by atoms with Crippen LogP contribution in [-0.2, 0) is 25.7 Å². The van der Waals surface area contributed by atoms with Crippen molar-refractivity contribution in [3.8, 4) is 17.2 Å². The molecule has 2 fully saturated rings. The highest BCUT2D eigenvalue weighted by Crippen LogP contribution is 2.62. The fraction of sp³-hybridized carbons (Fsp3) is 0.510. The molecule has 11 nitrogen and oxygen atoms in total. The number of hydrogen-bond donors (Lipinski definition) is 2. The number of likely N-dealkylation sites (N-methyl/N-ethyl adjacent to an activating group) is 1. The van der Waals surface area contributed by atoms with Crippen LogP contribution in [0, 0.1) is 31.6 Å². The Hall–Kier alpha value is -4.68. The van der Waals surface area contributed by atoms with E-state index in [0.717, 1.165) is 73.0 Å². The fourth-order valence-electron chi connectivity index (χ4n) is 9.57. The first-order valence-electron chi connectivity index (χ1n) is 21.8. The highest BCUT2D eigenvalue weighted by Gasteiger charge is 2.65. The molecule has 11 heteroatoms. The van der Waals surface area contributed by atoms with Gasteiger partial charge in [-0.3, -0.25) is 0 Å². The molecule has 322 valence electrons. The smallest absolute Gasteiger partial charge is 0.410 e. The Morgan fingerprint density at radius 1 is 0.967 bits per heavy atom. The standard InChI is InChI=1S/C49H62N2O9/c1-5-26-57-49-44(51(4)48(54)56-32-35-15-7-6-8-16-35)31-42(50-60-45-19-11-14-27-55-45)40-29-36(17-9-12-24-52)39(18-10-13-25-53)46(47(40)49)41-30-38(22-23-43(41)59-49)58-37-21-20-33(2)34(3)28-37/h5-8,15-16,20-23,28-30,36,39,44-47,52-53H,1,9-14,17-19,24-27,31-32H2,2-4H3/t36-,39+,44-,45?,46+,47+,49+/m0/s1. The van der Waals surface area contributed by atoms with Crippen LogP contribution in [0.15, 0.2) is 96.2 Å². The third kappa shape index (κ3) is 9.60. The number of benzene rings is 3. The molecule has 7 atom stereocenters. The second-order valence-corrected chi connectivity index (χ2v) is 16.7. The Kier molecular flexibility index (Phi) is 14.7. The minimum atomic E-state index is -1.39. The summed E-state index contributed by atoms with van der Waals surface area (Å²) in [4.78, 5) is 22.0. The summed E-state index contributed by atoms with van der Waals surface area (Å²) in [5.41, 5.74) is 5.86. The number of fused-ring (bicyclic) bond motifs is 2. The molecule has 0 aromatic heterocycles. The van der Waals surface area contributed by atoms with Crippen molar-refractivity contribution in [1.82, 2.24) is 4.90 Å². The molecule has 2 aliphatic heterocycles. The lowest BCUT2D eigenvalue weighted by Gasteiger charge is -2.59. The van der Waals surface area contributed by atoms with E-state index >= 15 is 0 Å². The van der Waals surface area contributed by atoms with Crippen LogP contribution in [0.3, 0.4) is 0 Å². The Bertz CT molecular complexity index is 1980. The number of carbonyl (C=O) groups is 1. The van der Waals surface area contributed by atoms with Gasteiger partial charge < -0.3 is 43.6 Å². The number of aliphatic hydroxyl groups excluding tert-OH is 2. The van der Waals surface area contributed by atoms with Gasteiger partial charge in [0.15, 0.2) is 0 Å². The second kappa shape index (κ2) is 20.3. The van der Waals surface area contributed by atoms with E-state index in [1.54, 1.807) is 18.0 Å². The molecule has 60 heavy (non-hydrogen) atoms.